The normalized spacial score (nSPS) is 22.6. The number of amides is 2. The van der Waals surface area contributed by atoms with Gasteiger partial charge in [-0.2, -0.15) is 11.3 Å². The average molecular weight is 383 g/mol. The topological polar surface area (TPSA) is 40.6 Å². The van der Waals surface area contributed by atoms with E-state index in [-0.39, 0.29) is 17.2 Å². The molecule has 5 heteroatoms. The van der Waals surface area contributed by atoms with Gasteiger partial charge in [0.2, 0.25) is 11.8 Å². The van der Waals surface area contributed by atoms with E-state index in [4.69, 9.17) is 0 Å². The van der Waals surface area contributed by atoms with Crippen LogP contribution in [0.3, 0.4) is 0 Å². The molecule has 27 heavy (non-hydrogen) atoms. The molecule has 2 saturated heterocycles. The fourth-order valence-corrected chi connectivity index (χ4v) is 5.09. The van der Waals surface area contributed by atoms with Gasteiger partial charge in [0.1, 0.15) is 0 Å². The van der Waals surface area contributed by atoms with Crippen LogP contribution in [0.25, 0.3) is 0 Å². The second-order valence-corrected chi connectivity index (χ2v) is 8.57. The Labute approximate surface area is 164 Å². The standard InChI is InChI=1S/C22H26N2O2S/c25-20(15-19-8-14-27-16-19)24-13-10-22(17-24)9-4-11-23(21(22)26)12-7-18-5-2-1-3-6-18/h1-3,5-6,8,14,16H,4,7,9-13,15,17H2. The van der Waals surface area contributed by atoms with Gasteiger partial charge in [0.25, 0.3) is 0 Å². The van der Waals surface area contributed by atoms with Gasteiger partial charge in [-0.05, 0) is 53.6 Å². The summed E-state index contributed by atoms with van der Waals surface area (Å²) in [7, 11) is 0. The first-order valence-electron chi connectivity index (χ1n) is 9.78. The maximum atomic E-state index is 13.2. The van der Waals surface area contributed by atoms with Crippen molar-refractivity contribution in [1.29, 1.82) is 0 Å². The average Bonchev–Trinajstić information content (AvgIpc) is 3.35. The SMILES string of the molecule is O=C(Cc1ccsc1)N1CCC2(CCCN(CCc3ccccc3)C2=O)C1. The highest BCUT2D eigenvalue weighted by Crippen LogP contribution is 2.40. The molecule has 2 aromatic rings. The van der Waals surface area contributed by atoms with Crippen LogP contribution < -0.4 is 0 Å². The Morgan fingerprint density at radius 3 is 2.70 bits per heavy atom. The highest BCUT2D eigenvalue weighted by atomic mass is 32.1. The minimum absolute atomic E-state index is 0.152. The van der Waals surface area contributed by atoms with E-state index in [1.54, 1.807) is 11.3 Å². The third-order valence-corrected chi connectivity index (χ3v) is 6.71. The first-order chi connectivity index (χ1) is 13.2. The molecule has 142 valence electrons. The van der Waals surface area contributed by atoms with Crippen LogP contribution in [-0.2, 0) is 22.4 Å². The summed E-state index contributed by atoms with van der Waals surface area (Å²) in [6.07, 6.45) is 4.10. The van der Waals surface area contributed by atoms with Crippen molar-refractivity contribution in [3.8, 4) is 0 Å². The predicted molar refractivity (Wildman–Crippen MR) is 108 cm³/mol. The molecule has 0 saturated carbocycles. The van der Waals surface area contributed by atoms with Crippen molar-refractivity contribution < 1.29 is 9.59 Å². The van der Waals surface area contributed by atoms with E-state index >= 15 is 0 Å². The van der Waals surface area contributed by atoms with Crippen LogP contribution in [0.2, 0.25) is 0 Å². The lowest BCUT2D eigenvalue weighted by Crippen LogP contribution is -2.51. The Morgan fingerprint density at radius 1 is 1.07 bits per heavy atom. The van der Waals surface area contributed by atoms with Gasteiger partial charge >= 0.3 is 0 Å². The number of thiophene rings is 1. The lowest BCUT2D eigenvalue weighted by molar-refractivity contribution is -0.146. The maximum absolute atomic E-state index is 13.2. The number of likely N-dealkylation sites (tertiary alicyclic amines) is 2. The van der Waals surface area contributed by atoms with Crippen LogP contribution in [-0.4, -0.2) is 47.8 Å². The molecule has 2 fully saturated rings. The molecule has 3 heterocycles. The molecular formula is C22H26N2O2S. The number of nitrogens with zero attached hydrogens (tertiary/aromatic N) is 2. The quantitative estimate of drug-likeness (QED) is 0.795. The number of carbonyl (C=O) groups excluding carboxylic acids is 2. The molecular weight excluding hydrogens is 356 g/mol. The van der Waals surface area contributed by atoms with Crippen LogP contribution >= 0.6 is 11.3 Å². The molecule has 4 rings (SSSR count). The van der Waals surface area contributed by atoms with Crippen molar-refractivity contribution in [2.24, 2.45) is 5.41 Å². The minimum atomic E-state index is -0.348. The molecule has 1 aromatic carbocycles. The largest absolute Gasteiger partial charge is 0.342 e. The molecule has 1 aromatic heterocycles. The predicted octanol–water partition coefficient (Wildman–Crippen LogP) is 3.37. The molecule has 0 N–H and O–H groups in total. The van der Waals surface area contributed by atoms with Crippen LogP contribution in [0.1, 0.15) is 30.4 Å². The molecule has 0 bridgehead atoms. The highest BCUT2D eigenvalue weighted by molar-refractivity contribution is 7.08. The van der Waals surface area contributed by atoms with E-state index in [9.17, 15) is 9.59 Å². The lowest BCUT2D eigenvalue weighted by Gasteiger charge is -2.39. The van der Waals surface area contributed by atoms with E-state index in [0.29, 0.717) is 19.5 Å². The maximum Gasteiger partial charge on any atom is 0.230 e. The lowest BCUT2D eigenvalue weighted by atomic mass is 9.78. The van der Waals surface area contributed by atoms with E-state index < -0.39 is 0 Å². The van der Waals surface area contributed by atoms with Gasteiger partial charge in [-0.15, -0.1) is 0 Å². The fraction of sp³-hybridized carbons (Fsp3) is 0.455. The Hall–Kier alpha value is -2.14. The molecule has 2 amide bonds. The second kappa shape index (κ2) is 7.85. The van der Waals surface area contributed by atoms with Crippen molar-refractivity contribution in [2.75, 3.05) is 26.2 Å². The van der Waals surface area contributed by atoms with Crippen molar-refractivity contribution >= 4 is 23.2 Å². The zero-order chi connectivity index (χ0) is 18.7. The second-order valence-electron chi connectivity index (χ2n) is 7.79. The van der Waals surface area contributed by atoms with Crippen molar-refractivity contribution in [2.45, 2.75) is 32.1 Å². The van der Waals surface area contributed by atoms with E-state index in [1.807, 2.05) is 44.8 Å². The summed E-state index contributed by atoms with van der Waals surface area (Å²) in [4.78, 5) is 29.8. The number of rotatable bonds is 5. The molecule has 2 aliphatic rings. The molecule has 1 atom stereocenters. The number of carbonyl (C=O) groups is 2. The van der Waals surface area contributed by atoms with E-state index in [1.165, 1.54) is 5.56 Å². The van der Waals surface area contributed by atoms with Crippen molar-refractivity contribution in [3.05, 3.63) is 58.3 Å². The Morgan fingerprint density at radius 2 is 1.93 bits per heavy atom. The Kier molecular flexibility index (Phi) is 5.30. The minimum Gasteiger partial charge on any atom is -0.342 e. The molecule has 0 radical (unpaired) electrons. The van der Waals surface area contributed by atoms with Gasteiger partial charge in [-0.1, -0.05) is 30.3 Å². The Balaban J connectivity index is 1.37. The van der Waals surface area contributed by atoms with Crippen molar-refractivity contribution in [1.82, 2.24) is 9.80 Å². The number of hydrogen-bond donors (Lipinski definition) is 0. The first-order valence-corrected chi connectivity index (χ1v) is 10.7. The summed E-state index contributed by atoms with van der Waals surface area (Å²) in [6.45, 7) is 2.92. The van der Waals surface area contributed by atoms with Gasteiger partial charge in [0.15, 0.2) is 0 Å². The van der Waals surface area contributed by atoms with Crippen molar-refractivity contribution in [3.63, 3.8) is 0 Å². The molecule has 2 aliphatic heterocycles. The number of piperidine rings is 1. The third-order valence-electron chi connectivity index (χ3n) is 5.98. The summed E-state index contributed by atoms with van der Waals surface area (Å²) >= 11 is 1.62. The molecule has 1 unspecified atom stereocenters. The molecule has 0 aliphatic carbocycles. The fourth-order valence-electron chi connectivity index (χ4n) is 4.42. The van der Waals surface area contributed by atoms with Gasteiger partial charge in [0, 0.05) is 26.2 Å². The van der Waals surface area contributed by atoms with Crippen LogP contribution in [0.15, 0.2) is 47.2 Å². The molecule has 4 nitrogen and oxygen atoms in total. The van der Waals surface area contributed by atoms with Gasteiger partial charge in [-0.25, -0.2) is 0 Å². The molecule has 1 spiro atoms. The van der Waals surface area contributed by atoms with E-state index in [0.717, 1.165) is 44.3 Å². The van der Waals surface area contributed by atoms with Gasteiger partial charge < -0.3 is 9.80 Å². The highest BCUT2D eigenvalue weighted by Gasteiger charge is 2.49. The zero-order valence-electron chi connectivity index (χ0n) is 15.6. The first kappa shape index (κ1) is 18.2. The Bertz CT molecular complexity index is 790. The summed E-state index contributed by atoms with van der Waals surface area (Å²) in [5.74, 6) is 0.412. The monoisotopic (exact) mass is 382 g/mol. The summed E-state index contributed by atoms with van der Waals surface area (Å²) in [6, 6.07) is 12.3. The smallest absolute Gasteiger partial charge is 0.230 e. The van der Waals surface area contributed by atoms with Crippen LogP contribution in [0, 0.1) is 5.41 Å². The van der Waals surface area contributed by atoms with Gasteiger partial charge in [0.05, 0.1) is 11.8 Å². The van der Waals surface area contributed by atoms with Crippen LogP contribution in [0.5, 0.6) is 0 Å². The van der Waals surface area contributed by atoms with Gasteiger partial charge in [-0.3, -0.25) is 9.59 Å². The number of benzene rings is 1. The van der Waals surface area contributed by atoms with Crippen LogP contribution in [0.4, 0.5) is 0 Å². The summed E-state index contributed by atoms with van der Waals surface area (Å²) in [5.41, 5.74) is 1.99. The number of hydrogen-bond acceptors (Lipinski definition) is 3. The van der Waals surface area contributed by atoms with E-state index in [2.05, 4.69) is 12.1 Å². The summed E-state index contributed by atoms with van der Waals surface area (Å²) < 4.78 is 0. The summed E-state index contributed by atoms with van der Waals surface area (Å²) in [5, 5.41) is 4.03. The third kappa shape index (κ3) is 3.93. The zero-order valence-corrected chi connectivity index (χ0v) is 16.4.